The molecule has 0 spiro atoms. The second-order valence-corrected chi connectivity index (χ2v) is 9.60. The lowest BCUT2D eigenvalue weighted by molar-refractivity contribution is -0.139. The van der Waals surface area contributed by atoms with Gasteiger partial charge in [0, 0.05) is 31.7 Å². The fourth-order valence-electron chi connectivity index (χ4n) is 4.34. The number of hydrogen-bond donors (Lipinski definition) is 1. The molecule has 1 aromatic rings. The van der Waals surface area contributed by atoms with Crippen molar-refractivity contribution in [1.29, 1.82) is 0 Å². The Morgan fingerprint density at radius 1 is 1.00 bits per heavy atom. The molecule has 1 atom stereocenters. The van der Waals surface area contributed by atoms with Crippen LogP contribution >= 0.6 is 0 Å². The minimum atomic E-state index is -4.36. The van der Waals surface area contributed by atoms with E-state index in [1.807, 2.05) is 4.90 Å². The first kappa shape index (κ1) is 25.7. The smallest absolute Gasteiger partial charge is 0.416 e. The Labute approximate surface area is 184 Å². The molecule has 1 heterocycles. The van der Waals surface area contributed by atoms with Gasteiger partial charge in [-0.1, -0.05) is 39.8 Å². The van der Waals surface area contributed by atoms with Crippen molar-refractivity contribution in [2.45, 2.75) is 71.6 Å². The van der Waals surface area contributed by atoms with Gasteiger partial charge >= 0.3 is 12.1 Å². The fourth-order valence-corrected chi connectivity index (χ4v) is 4.34. The fraction of sp³-hybridized carbons (Fsp3) is 0.708. The molecule has 4 nitrogen and oxygen atoms in total. The molecule has 0 radical (unpaired) electrons. The Balaban J connectivity index is 2.30. The molecule has 0 aromatic heterocycles. The van der Waals surface area contributed by atoms with Crippen molar-refractivity contribution in [3.63, 3.8) is 0 Å². The minimum absolute atomic E-state index is 0.0480. The quantitative estimate of drug-likeness (QED) is 0.506. The maximum Gasteiger partial charge on any atom is 0.416 e. The summed E-state index contributed by atoms with van der Waals surface area (Å²) in [6.07, 6.45) is -0.0895. The third-order valence-corrected chi connectivity index (χ3v) is 6.11. The van der Waals surface area contributed by atoms with Gasteiger partial charge in [-0.3, -0.25) is 14.6 Å². The van der Waals surface area contributed by atoms with E-state index in [4.69, 9.17) is 0 Å². The van der Waals surface area contributed by atoms with Crippen molar-refractivity contribution in [3.05, 3.63) is 35.4 Å². The van der Waals surface area contributed by atoms with E-state index < -0.39 is 17.7 Å². The number of carboxylic acid groups (broad SMARTS) is 1. The molecule has 1 unspecified atom stereocenters. The predicted octanol–water partition coefficient (Wildman–Crippen LogP) is 5.69. The third kappa shape index (κ3) is 8.11. The number of nitrogens with zero attached hydrogens (tertiary/aromatic N) is 2. The summed E-state index contributed by atoms with van der Waals surface area (Å²) in [4.78, 5) is 15.6. The number of carbonyl (C=O) groups is 1. The van der Waals surface area contributed by atoms with Crippen LogP contribution in [-0.2, 0) is 11.0 Å². The van der Waals surface area contributed by atoms with Crippen LogP contribution in [-0.4, -0.2) is 53.1 Å². The zero-order chi connectivity index (χ0) is 23.2. The van der Waals surface area contributed by atoms with Gasteiger partial charge in [0.05, 0.1) is 12.1 Å². The van der Waals surface area contributed by atoms with Crippen molar-refractivity contribution in [2.75, 3.05) is 26.2 Å². The molecule has 0 saturated carbocycles. The predicted molar refractivity (Wildman–Crippen MR) is 117 cm³/mol. The Kier molecular flexibility index (Phi) is 9.37. The average molecular weight is 443 g/mol. The van der Waals surface area contributed by atoms with Gasteiger partial charge in [0.2, 0.25) is 0 Å². The second kappa shape index (κ2) is 11.3. The van der Waals surface area contributed by atoms with Crippen LogP contribution in [0.15, 0.2) is 24.3 Å². The summed E-state index contributed by atoms with van der Waals surface area (Å²) < 4.78 is 39.1. The second-order valence-electron chi connectivity index (χ2n) is 9.60. The Morgan fingerprint density at radius 3 is 2.00 bits per heavy atom. The normalized spacial score (nSPS) is 19.0. The van der Waals surface area contributed by atoms with Gasteiger partial charge in [-0.25, -0.2) is 0 Å². The number of carboxylic acids is 1. The first-order chi connectivity index (χ1) is 14.5. The lowest BCUT2D eigenvalue weighted by atomic mass is 9.92. The molecule has 176 valence electrons. The summed E-state index contributed by atoms with van der Waals surface area (Å²) in [6, 6.07) is 5.63. The number of piperazine rings is 1. The standard InChI is InChI=1S/C24H37F3N2O2/c1-17(2)5-11-21(12-6-18(3)4)29-14-13-28(16-23(30)31)15-22(29)19-7-9-20(10-8-19)24(25,26)27/h7-10,17-18,21-22H,5-6,11-16H2,1-4H3,(H,30,31). The van der Waals surface area contributed by atoms with Gasteiger partial charge in [-0.2, -0.15) is 13.2 Å². The largest absolute Gasteiger partial charge is 0.480 e. The van der Waals surface area contributed by atoms with E-state index in [0.29, 0.717) is 31.0 Å². The molecule has 0 aliphatic carbocycles. The van der Waals surface area contributed by atoms with Crippen LogP contribution in [0.4, 0.5) is 13.2 Å². The molecule has 31 heavy (non-hydrogen) atoms. The topological polar surface area (TPSA) is 43.8 Å². The highest BCUT2D eigenvalue weighted by atomic mass is 19.4. The van der Waals surface area contributed by atoms with E-state index in [1.54, 1.807) is 12.1 Å². The minimum Gasteiger partial charge on any atom is -0.480 e. The Morgan fingerprint density at radius 2 is 1.55 bits per heavy atom. The number of rotatable bonds is 10. The zero-order valence-electron chi connectivity index (χ0n) is 19.2. The summed E-state index contributed by atoms with van der Waals surface area (Å²) in [5.74, 6) is 0.287. The van der Waals surface area contributed by atoms with E-state index in [1.165, 1.54) is 0 Å². The Bertz CT molecular complexity index is 677. The molecule has 0 amide bonds. The third-order valence-electron chi connectivity index (χ3n) is 6.11. The van der Waals surface area contributed by atoms with Crippen molar-refractivity contribution in [1.82, 2.24) is 9.80 Å². The number of benzene rings is 1. The maximum absolute atomic E-state index is 13.0. The van der Waals surface area contributed by atoms with Crippen molar-refractivity contribution in [3.8, 4) is 0 Å². The van der Waals surface area contributed by atoms with Crippen LogP contribution in [0, 0.1) is 11.8 Å². The highest BCUT2D eigenvalue weighted by Crippen LogP contribution is 2.34. The lowest BCUT2D eigenvalue weighted by Gasteiger charge is -2.46. The first-order valence-corrected chi connectivity index (χ1v) is 11.3. The zero-order valence-corrected chi connectivity index (χ0v) is 19.2. The number of halogens is 3. The molecule has 1 aliphatic rings. The summed E-state index contributed by atoms with van der Waals surface area (Å²) in [7, 11) is 0. The first-order valence-electron chi connectivity index (χ1n) is 11.3. The van der Waals surface area contributed by atoms with E-state index in [9.17, 15) is 23.1 Å². The number of hydrogen-bond acceptors (Lipinski definition) is 3. The van der Waals surface area contributed by atoms with Gasteiger partial charge in [-0.15, -0.1) is 0 Å². The van der Waals surface area contributed by atoms with Crippen molar-refractivity contribution in [2.24, 2.45) is 11.8 Å². The van der Waals surface area contributed by atoms with Crippen LogP contribution in [0.25, 0.3) is 0 Å². The maximum atomic E-state index is 13.0. The van der Waals surface area contributed by atoms with Crippen LogP contribution < -0.4 is 0 Å². The van der Waals surface area contributed by atoms with Crippen molar-refractivity contribution < 1.29 is 23.1 Å². The summed E-state index contributed by atoms with van der Waals surface area (Å²) in [5.41, 5.74) is 0.166. The van der Waals surface area contributed by atoms with Crippen LogP contribution in [0.2, 0.25) is 0 Å². The van der Waals surface area contributed by atoms with Gasteiger partial charge in [0.1, 0.15) is 0 Å². The molecule has 7 heteroatoms. The summed E-state index contributed by atoms with van der Waals surface area (Å²) in [5, 5.41) is 9.23. The van der Waals surface area contributed by atoms with Crippen LogP contribution in [0.1, 0.15) is 70.5 Å². The van der Waals surface area contributed by atoms with Gasteiger partial charge in [-0.05, 0) is 55.2 Å². The highest BCUT2D eigenvalue weighted by molar-refractivity contribution is 5.69. The number of aliphatic carboxylic acids is 1. The molecule has 1 aromatic carbocycles. The SMILES string of the molecule is CC(C)CCC(CCC(C)C)N1CCN(CC(=O)O)CC1c1ccc(C(F)(F)F)cc1. The summed E-state index contributed by atoms with van der Waals surface area (Å²) in [6.45, 7) is 10.7. The molecule has 2 rings (SSSR count). The molecule has 1 saturated heterocycles. The van der Waals surface area contributed by atoms with E-state index in [-0.39, 0.29) is 12.6 Å². The molecule has 1 aliphatic heterocycles. The number of alkyl halides is 3. The molecular formula is C24H37F3N2O2. The summed E-state index contributed by atoms with van der Waals surface area (Å²) >= 11 is 0. The van der Waals surface area contributed by atoms with E-state index in [2.05, 4.69) is 32.6 Å². The van der Waals surface area contributed by atoms with Gasteiger partial charge in [0.25, 0.3) is 0 Å². The molecular weight excluding hydrogens is 405 g/mol. The molecule has 0 bridgehead atoms. The van der Waals surface area contributed by atoms with Gasteiger partial charge in [0.15, 0.2) is 0 Å². The highest BCUT2D eigenvalue weighted by Gasteiger charge is 2.35. The van der Waals surface area contributed by atoms with Crippen molar-refractivity contribution >= 4 is 5.97 Å². The van der Waals surface area contributed by atoms with Gasteiger partial charge < -0.3 is 5.11 Å². The molecule has 1 N–H and O–H groups in total. The van der Waals surface area contributed by atoms with E-state index >= 15 is 0 Å². The van der Waals surface area contributed by atoms with Crippen LogP contribution in [0.5, 0.6) is 0 Å². The van der Waals surface area contributed by atoms with Crippen LogP contribution in [0.3, 0.4) is 0 Å². The monoisotopic (exact) mass is 442 g/mol. The Hall–Kier alpha value is -1.60. The lowest BCUT2D eigenvalue weighted by Crippen LogP contribution is -2.53. The van der Waals surface area contributed by atoms with E-state index in [0.717, 1.165) is 49.9 Å². The molecule has 1 fully saturated rings. The average Bonchev–Trinajstić information content (AvgIpc) is 2.67.